The lowest BCUT2D eigenvalue weighted by Gasteiger charge is -1.77. The van der Waals surface area contributed by atoms with Gasteiger partial charge in [0.25, 0.3) is 0 Å². The summed E-state index contributed by atoms with van der Waals surface area (Å²) >= 11 is 0. The van der Waals surface area contributed by atoms with Gasteiger partial charge in [-0.15, -0.1) is 0 Å². The van der Waals surface area contributed by atoms with Crippen LogP contribution in [0.4, 0.5) is 0 Å². The largest absolute Gasteiger partial charge is 0.309 e. The van der Waals surface area contributed by atoms with E-state index in [-0.39, 0.29) is 0 Å². The minimum absolute atomic E-state index is 0.974. The summed E-state index contributed by atoms with van der Waals surface area (Å²) in [6.07, 6.45) is 2.81. The van der Waals surface area contributed by atoms with Crippen LogP contribution in [-0.4, -0.2) is 12.3 Å². The topological polar surface area (TPSA) is 24.4 Å². The first kappa shape index (κ1) is 4.37. The molecule has 0 atom stereocenters. The summed E-state index contributed by atoms with van der Waals surface area (Å²) in [6.45, 7) is 4.55. The summed E-state index contributed by atoms with van der Waals surface area (Å²) in [5, 5.41) is 3.90. The Morgan fingerprint density at radius 1 is 1.86 bits per heavy atom. The van der Waals surface area contributed by atoms with Gasteiger partial charge in [0, 0.05) is 13.0 Å². The van der Waals surface area contributed by atoms with Crippen LogP contribution in [0.25, 0.3) is 0 Å². The van der Waals surface area contributed by atoms with Gasteiger partial charge in [0.15, 0.2) is 0 Å². The van der Waals surface area contributed by atoms with E-state index in [9.17, 15) is 0 Å². The molecule has 0 bridgehead atoms. The number of hydrogen-bond acceptors (Lipinski definition) is 2. The highest BCUT2D eigenvalue weighted by molar-refractivity contribution is 5.95. The summed E-state index contributed by atoms with van der Waals surface area (Å²) in [4.78, 5) is 0. The third kappa shape index (κ3) is 0.796. The van der Waals surface area contributed by atoms with Crippen molar-refractivity contribution in [3.05, 3.63) is 12.7 Å². The van der Waals surface area contributed by atoms with Gasteiger partial charge in [-0.2, -0.15) is 5.10 Å². The zero-order valence-corrected chi connectivity index (χ0v) is 4.15. The molecule has 0 unspecified atom stereocenters. The predicted molar refractivity (Wildman–Crippen MR) is 30.3 cm³/mol. The van der Waals surface area contributed by atoms with Gasteiger partial charge in [-0.1, -0.05) is 6.58 Å². The average molecular weight is 96.1 g/mol. The Labute approximate surface area is 42.9 Å². The average Bonchev–Trinajstić information content (AvgIpc) is 2.14. The Hall–Kier alpha value is -0.790. The van der Waals surface area contributed by atoms with Gasteiger partial charge in [0.1, 0.15) is 0 Å². The van der Waals surface area contributed by atoms with E-state index in [0.29, 0.717) is 0 Å². The third-order valence-electron chi connectivity index (χ3n) is 0.951. The molecule has 38 valence electrons. The van der Waals surface area contributed by atoms with Crippen molar-refractivity contribution in [3.8, 4) is 0 Å². The molecule has 1 N–H and O–H groups in total. The molecule has 0 aliphatic carbocycles. The van der Waals surface area contributed by atoms with Crippen molar-refractivity contribution >= 4 is 5.71 Å². The van der Waals surface area contributed by atoms with Gasteiger partial charge in [-0.05, 0) is 6.08 Å². The molecular weight excluding hydrogens is 88.1 g/mol. The molecule has 0 amide bonds. The zero-order valence-electron chi connectivity index (χ0n) is 4.15. The van der Waals surface area contributed by atoms with Crippen LogP contribution in [-0.2, 0) is 0 Å². The van der Waals surface area contributed by atoms with Crippen LogP contribution in [0.3, 0.4) is 0 Å². The van der Waals surface area contributed by atoms with Crippen LogP contribution < -0.4 is 5.43 Å². The number of hydrazone groups is 1. The van der Waals surface area contributed by atoms with E-state index in [1.54, 1.807) is 6.08 Å². The molecule has 0 saturated heterocycles. The maximum absolute atomic E-state index is 3.90. The Morgan fingerprint density at radius 2 is 2.71 bits per heavy atom. The van der Waals surface area contributed by atoms with Gasteiger partial charge in [-0.3, -0.25) is 0 Å². The molecule has 1 heterocycles. The smallest absolute Gasteiger partial charge is 0.0615 e. The molecule has 0 fully saturated rings. The number of allylic oxidation sites excluding steroid dienone is 1. The molecular formula is C5H8N2. The van der Waals surface area contributed by atoms with Crippen molar-refractivity contribution in [1.82, 2.24) is 5.43 Å². The van der Waals surface area contributed by atoms with Gasteiger partial charge < -0.3 is 5.43 Å². The first-order valence-corrected chi connectivity index (χ1v) is 2.35. The van der Waals surface area contributed by atoms with Gasteiger partial charge >= 0.3 is 0 Å². The molecule has 1 rings (SSSR count). The lowest BCUT2D eigenvalue weighted by Crippen LogP contribution is -1.96. The molecule has 1 aliphatic rings. The van der Waals surface area contributed by atoms with E-state index >= 15 is 0 Å². The minimum atomic E-state index is 0.974. The molecule has 0 saturated carbocycles. The third-order valence-corrected chi connectivity index (χ3v) is 0.951. The van der Waals surface area contributed by atoms with Crippen LogP contribution >= 0.6 is 0 Å². The van der Waals surface area contributed by atoms with Gasteiger partial charge in [0.2, 0.25) is 0 Å². The quantitative estimate of drug-likeness (QED) is 0.505. The molecule has 1 aliphatic heterocycles. The van der Waals surface area contributed by atoms with E-state index in [1.165, 1.54) is 0 Å². The monoisotopic (exact) mass is 96.1 g/mol. The molecule has 7 heavy (non-hydrogen) atoms. The van der Waals surface area contributed by atoms with E-state index < -0.39 is 0 Å². The second kappa shape index (κ2) is 1.78. The molecule has 0 aromatic carbocycles. The maximum Gasteiger partial charge on any atom is 0.0615 e. The number of rotatable bonds is 1. The molecule has 0 spiro atoms. The predicted octanol–water partition coefficient (Wildman–Crippen LogP) is 0.522. The highest BCUT2D eigenvalue weighted by Gasteiger charge is 1.97. The highest BCUT2D eigenvalue weighted by atomic mass is 15.3. The molecule has 2 nitrogen and oxygen atoms in total. The highest BCUT2D eigenvalue weighted by Crippen LogP contribution is 1.91. The SMILES string of the molecule is C=CC1=NNCC1. The van der Waals surface area contributed by atoms with Crippen LogP contribution in [0.5, 0.6) is 0 Å². The fourth-order valence-electron chi connectivity index (χ4n) is 0.545. The molecule has 0 radical (unpaired) electrons. The van der Waals surface area contributed by atoms with E-state index in [4.69, 9.17) is 0 Å². The number of nitrogens with one attached hydrogen (secondary N) is 1. The zero-order chi connectivity index (χ0) is 5.11. The fourth-order valence-corrected chi connectivity index (χ4v) is 0.545. The lowest BCUT2D eigenvalue weighted by atomic mass is 10.3. The molecule has 0 aromatic rings. The minimum Gasteiger partial charge on any atom is -0.309 e. The molecule has 0 aromatic heterocycles. The summed E-state index contributed by atoms with van der Waals surface area (Å²) in [5.41, 5.74) is 3.91. The second-order valence-corrected chi connectivity index (χ2v) is 1.47. The molecule has 2 heteroatoms. The van der Waals surface area contributed by atoms with Crippen LogP contribution in [0.1, 0.15) is 6.42 Å². The van der Waals surface area contributed by atoms with Crippen molar-refractivity contribution in [2.75, 3.05) is 6.54 Å². The van der Waals surface area contributed by atoms with Crippen LogP contribution in [0, 0.1) is 0 Å². The normalized spacial score (nSPS) is 18.0. The van der Waals surface area contributed by atoms with Crippen molar-refractivity contribution in [2.45, 2.75) is 6.42 Å². The Kier molecular flexibility index (Phi) is 1.11. The summed E-state index contributed by atoms with van der Waals surface area (Å²) in [5.74, 6) is 0. The standard InChI is InChI=1S/C5H8N2/c1-2-5-3-4-6-7-5/h2,6H,1,3-4H2. The lowest BCUT2D eigenvalue weighted by molar-refractivity contribution is 0.813. The van der Waals surface area contributed by atoms with Crippen molar-refractivity contribution in [2.24, 2.45) is 5.10 Å². The number of nitrogens with zero attached hydrogens (tertiary/aromatic N) is 1. The Bertz CT molecular complexity index is 105. The fraction of sp³-hybridized carbons (Fsp3) is 0.400. The van der Waals surface area contributed by atoms with Crippen molar-refractivity contribution in [1.29, 1.82) is 0 Å². The van der Waals surface area contributed by atoms with E-state index in [1.807, 2.05) is 0 Å². The Balaban J connectivity index is 2.51. The van der Waals surface area contributed by atoms with Gasteiger partial charge in [-0.25, -0.2) is 0 Å². The van der Waals surface area contributed by atoms with Crippen LogP contribution in [0.15, 0.2) is 17.8 Å². The van der Waals surface area contributed by atoms with Gasteiger partial charge in [0.05, 0.1) is 5.71 Å². The number of hydrogen-bond donors (Lipinski definition) is 1. The Morgan fingerprint density at radius 3 is 3.00 bits per heavy atom. The first-order valence-electron chi connectivity index (χ1n) is 2.35. The summed E-state index contributed by atoms with van der Waals surface area (Å²) in [6, 6.07) is 0. The van der Waals surface area contributed by atoms with E-state index in [2.05, 4.69) is 17.1 Å². The van der Waals surface area contributed by atoms with Crippen LogP contribution in [0.2, 0.25) is 0 Å². The van der Waals surface area contributed by atoms with Crippen molar-refractivity contribution < 1.29 is 0 Å². The maximum atomic E-state index is 3.90. The summed E-state index contributed by atoms with van der Waals surface area (Å²) < 4.78 is 0. The van der Waals surface area contributed by atoms with E-state index in [0.717, 1.165) is 18.7 Å². The first-order chi connectivity index (χ1) is 3.43. The van der Waals surface area contributed by atoms with Crippen molar-refractivity contribution in [3.63, 3.8) is 0 Å². The second-order valence-electron chi connectivity index (χ2n) is 1.47. The summed E-state index contributed by atoms with van der Waals surface area (Å²) in [7, 11) is 0.